The first kappa shape index (κ1) is 34.5. The summed E-state index contributed by atoms with van der Waals surface area (Å²) in [6.07, 6.45) is 3.53. The lowest BCUT2D eigenvalue weighted by Crippen LogP contribution is -2.48. The molecule has 0 aliphatic heterocycles. The molecule has 0 bridgehead atoms. The maximum absolute atomic E-state index is 13.8. The second-order valence-corrected chi connectivity index (χ2v) is 11.4. The number of phenols is 1. The van der Waals surface area contributed by atoms with E-state index in [1.54, 1.807) is 12.1 Å². The monoisotopic (exact) mass is 641 g/mol. The van der Waals surface area contributed by atoms with E-state index in [0.717, 1.165) is 36.0 Å². The number of aromatic hydroxyl groups is 1. The highest BCUT2D eigenvalue weighted by atomic mass is 16.3. The van der Waals surface area contributed by atoms with Gasteiger partial charge in [-0.3, -0.25) is 24.7 Å². The second-order valence-electron chi connectivity index (χ2n) is 11.4. The summed E-state index contributed by atoms with van der Waals surface area (Å²) in [6, 6.07) is 23.8. The maximum atomic E-state index is 13.8. The second kappa shape index (κ2) is 17.9. The topological polar surface area (TPSA) is 187 Å². The predicted octanol–water partition coefficient (Wildman–Crippen LogP) is 2.64. The first-order chi connectivity index (χ1) is 22.8. The molecule has 1 aliphatic carbocycles. The Bertz CT molecular complexity index is 1460. The molecule has 3 aromatic rings. The minimum absolute atomic E-state index is 0.0127. The Balaban J connectivity index is 1.33. The van der Waals surface area contributed by atoms with Crippen LogP contribution in [0.5, 0.6) is 5.75 Å². The smallest absolute Gasteiger partial charge is 0.321 e. The van der Waals surface area contributed by atoms with Gasteiger partial charge >= 0.3 is 6.03 Å². The number of guanidine groups is 1. The molecular weight excluding hydrogens is 598 g/mol. The number of nitrogens with two attached hydrogens (primary N) is 1. The molecule has 0 saturated heterocycles. The Labute approximate surface area is 274 Å². The van der Waals surface area contributed by atoms with Crippen molar-refractivity contribution in [3.63, 3.8) is 0 Å². The molecule has 1 atom stereocenters. The van der Waals surface area contributed by atoms with E-state index in [9.17, 15) is 24.3 Å². The summed E-state index contributed by atoms with van der Waals surface area (Å²) in [5, 5.41) is 23.3. The van der Waals surface area contributed by atoms with Gasteiger partial charge in [0.15, 0.2) is 5.96 Å². The molecule has 0 unspecified atom stereocenters. The zero-order chi connectivity index (χ0) is 33.4. The highest BCUT2D eigenvalue weighted by Crippen LogP contribution is 2.26. The Hall–Kier alpha value is -5.39. The summed E-state index contributed by atoms with van der Waals surface area (Å²) in [6.45, 7) is 0.963. The van der Waals surface area contributed by atoms with Gasteiger partial charge in [0, 0.05) is 32.1 Å². The van der Waals surface area contributed by atoms with Gasteiger partial charge < -0.3 is 32.1 Å². The molecule has 0 radical (unpaired) electrons. The predicted molar refractivity (Wildman–Crippen MR) is 179 cm³/mol. The van der Waals surface area contributed by atoms with Crippen LogP contribution in [0.15, 0.2) is 89.9 Å². The summed E-state index contributed by atoms with van der Waals surface area (Å²) in [4.78, 5) is 55.4. The number of benzene rings is 3. The van der Waals surface area contributed by atoms with Gasteiger partial charge in [-0.25, -0.2) is 4.79 Å². The molecule has 0 heterocycles. The molecule has 0 spiro atoms. The molecule has 5 amide bonds. The number of hydrogen-bond acceptors (Lipinski definition) is 6. The minimum atomic E-state index is -0.877. The SMILES string of the molecule is NC(=NCCC[C@@H](NC(=O)C(c1ccccc1)c1ccccc1)C(=O)NCc1ccc(O)cc1)NC(=O)NCCNC(=O)C1CCC1. The molecule has 8 N–H and O–H groups in total. The van der Waals surface area contributed by atoms with Crippen LogP contribution in [0, 0.1) is 5.92 Å². The lowest BCUT2D eigenvalue weighted by molar-refractivity contribution is -0.129. The van der Waals surface area contributed by atoms with Gasteiger partial charge in [-0.2, -0.15) is 0 Å². The standard InChI is InChI=1S/C35H43N7O5/c36-34(42-35(47)39-22-21-37-31(44)27-13-7-14-27)38-20-8-15-29(32(45)40-23-24-16-18-28(43)19-17-24)41-33(46)30(25-9-3-1-4-10-25)26-11-5-2-6-12-26/h1-6,9-12,16-19,27,29-30,43H,7-8,13-15,20-23H2,(H,37,44)(H,40,45)(H,41,46)(H4,36,38,39,42,47)/t29-/m1/s1. The van der Waals surface area contributed by atoms with E-state index >= 15 is 0 Å². The number of aliphatic imine (C=N–C) groups is 1. The van der Waals surface area contributed by atoms with Crippen LogP contribution in [-0.4, -0.2) is 60.5 Å². The van der Waals surface area contributed by atoms with Crippen molar-refractivity contribution >= 4 is 29.7 Å². The Morgan fingerprint density at radius 2 is 1.43 bits per heavy atom. The molecule has 0 aromatic heterocycles. The molecular formula is C35H43N7O5. The number of urea groups is 1. The van der Waals surface area contributed by atoms with E-state index in [0.29, 0.717) is 13.0 Å². The number of nitrogens with zero attached hydrogens (tertiary/aromatic N) is 1. The highest BCUT2D eigenvalue weighted by molar-refractivity contribution is 5.95. The number of hydrogen-bond donors (Lipinski definition) is 7. The van der Waals surface area contributed by atoms with Gasteiger partial charge in [0.05, 0.1) is 5.92 Å². The summed E-state index contributed by atoms with van der Waals surface area (Å²) in [5.74, 6) is -1.20. The van der Waals surface area contributed by atoms with Crippen LogP contribution in [0.3, 0.4) is 0 Å². The van der Waals surface area contributed by atoms with Crippen molar-refractivity contribution < 1.29 is 24.3 Å². The molecule has 47 heavy (non-hydrogen) atoms. The van der Waals surface area contributed by atoms with E-state index in [1.807, 2.05) is 60.7 Å². The zero-order valence-corrected chi connectivity index (χ0v) is 26.3. The number of phenolic OH excluding ortho intramolecular Hbond substituents is 1. The first-order valence-electron chi connectivity index (χ1n) is 15.9. The number of nitrogens with one attached hydrogen (secondary N) is 5. The van der Waals surface area contributed by atoms with Crippen molar-refractivity contribution in [1.29, 1.82) is 0 Å². The number of amides is 5. The third kappa shape index (κ3) is 11.2. The van der Waals surface area contributed by atoms with Crippen LogP contribution < -0.4 is 32.3 Å². The molecule has 4 rings (SSSR count). The largest absolute Gasteiger partial charge is 0.508 e. The van der Waals surface area contributed by atoms with E-state index < -0.39 is 18.0 Å². The molecule has 1 aliphatic rings. The van der Waals surface area contributed by atoms with Crippen LogP contribution in [-0.2, 0) is 20.9 Å². The third-order valence-corrected chi connectivity index (χ3v) is 7.92. The zero-order valence-electron chi connectivity index (χ0n) is 26.3. The van der Waals surface area contributed by atoms with Crippen molar-refractivity contribution in [3.05, 3.63) is 102 Å². The maximum Gasteiger partial charge on any atom is 0.321 e. The average Bonchev–Trinajstić information content (AvgIpc) is 3.04. The van der Waals surface area contributed by atoms with Gasteiger partial charge in [0.25, 0.3) is 0 Å². The Kier molecular flexibility index (Phi) is 13.2. The molecule has 3 aromatic carbocycles. The van der Waals surface area contributed by atoms with Crippen LogP contribution in [0.25, 0.3) is 0 Å². The lowest BCUT2D eigenvalue weighted by Gasteiger charge is -2.24. The van der Waals surface area contributed by atoms with E-state index in [-0.39, 0.29) is 61.4 Å². The normalized spacial score (nSPS) is 13.6. The number of rotatable bonds is 15. The summed E-state index contributed by atoms with van der Waals surface area (Å²) < 4.78 is 0. The van der Waals surface area contributed by atoms with Gasteiger partial charge in [0.1, 0.15) is 11.8 Å². The number of carbonyl (C=O) groups excluding carboxylic acids is 4. The average molecular weight is 642 g/mol. The quantitative estimate of drug-likeness (QED) is 0.0759. The van der Waals surface area contributed by atoms with Crippen LogP contribution in [0.1, 0.15) is 54.7 Å². The van der Waals surface area contributed by atoms with E-state index in [2.05, 4.69) is 31.6 Å². The van der Waals surface area contributed by atoms with Gasteiger partial charge in [-0.1, -0.05) is 79.2 Å². The van der Waals surface area contributed by atoms with Crippen molar-refractivity contribution in [1.82, 2.24) is 26.6 Å². The Morgan fingerprint density at radius 3 is 2.02 bits per heavy atom. The lowest BCUT2D eigenvalue weighted by atomic mass is 9.85. The fourth-order valence-corrected chi connectivity index (χ4v) is 5.11. The fraction of sp³-hybridized carbons (Fsp3) is 0.343. The van der Waals surface area contributed by atoms with Gasteiger partial charge in [-0.15, -0.1) is 0 Å². The van der Waals surface area contributed by atoms with Gasteiger partial charge in [-0.05, 0) is 54.5 Å². The van der Waals surface area contributed by atoms with Crippen molar-refractivity contribution in [2.75, 3.05) is 19.6 Å². The van der Waals surface area contributed by atoms with Gasteiger partial charge in [0.2, 0.25) is 17.7 Å². The molecule has 12 heteroatoms. The minimum Gasteiger partial charge on any atom is -0.508 e. The highest BCUT2D eigenvalue weighted by Gasteiger charge is 2.28. The molecule has 1 saturated carbocycles. The summed E-state index contributed by atoms with van der Waals surface area (Å²) in [7, 11) is 0. The summed E-state index contributed by atoms with van der Waals surface area (Å²) in [5.41, 5.74) is 8.26. The molecule has 12 nitrogen and oxygen atoms in total. The summed E-state index contributed by atoms with van der Waals surface area (Å²) >= 11 is 0. The van der Waals surface area contributed by atoms with Crippen LogP contribution in [0.4, 0.5) is 4.79 Å². The van der Waals surface area contributed by atoms with Crippen molar-refractivity contribution in [2.24, 2.45) is 16.6 Å². The van der Waals surface area contributed by atoms with E-state index in [4.69, 9.17) is 5.73 Å². The van der Waals surface area contributed by atoms with Crippen molar-refractivity contribution in [3.8, 4) is 5.75 Å². The molecule has 248 valence electrons. The van der Waals surface area contributed by atoms with E-state index in [1.165, 1.54) is 12.1 Å². The fourth-order valence-electron chi connectivity index (χ4n) is 5.11. The molecule has 1 fully saturated rings. The van der Waals surface area contributed by atoms with Crippen LogP contribution in [0.2, 0.25) is 0 Å². The first-order valence-corrected chi connectivity index (χ1v) is 15.9. The third-order valence-electron chi connectivity index (χ3n) is 7.92. The number of carbonyl (C=O) groups is 4. The van der Waals surface area contributed by atoms with Crippen LogP contribution >= 0.6 is 0 Å². The van der Waals surface area contributed by atoms with Crippen molar-refractivity contribution in [2.45, 2.75) is 50.6 Å². The Morgan fingerprint density at radius 1 is 0.809 bits per heavy atom.